The predicted molar refractivity (Wildman–Crippen MR) is 92.9 cm³/mol. The predicted octanol–water partition coefficient (Wildman–Crippen LogP) is 3.89. The van der Waals surface area contributed by atoms with Gasteiger partial charge in [0, 0.05) is 10.0 Å². The molecule has 0 aliphatic carbocycles. The topological polar surface area (TPSA) is 61.8 Å². The maximum atomic E-state index is 12.4. The van der Waals surface area contributed by atoms with Crippen molar-refractivity contribution in [1.29, 1.82) is 0 Å². The molecule has 0 heterocycles. The smallest absolute Gasteiger partial charge is 0.340 e. The first-order valence-corrected chi connectivity index (χ1v) is 7.98. The Labute approximate surface area is 148 Å². The maximum absolute atomic E-state index is 12.4. The molecule has 0 N–H and O–H groups in total. The van der Waals surface area contributed by atoms with Gasteiger partial charge in [0.15, 0.2) is 6.10 Å². The second kappa shape index (κ2) is 7.97. The summed E-state index contributed by atoms with van der Waals surface area (Å²) in [5.41, 5.74) is 0.740. The SMILES string of the molecule is COc1ccc(C(=O)[C@@H](C)OC(=O)c2cc(OC)ccc2Br)cc1. The average molecular weight is 393 g/mol. The highest BCUT2D eigenvalue weighted by Crippen LogP contribution is 2.24. The molecule has 0 radical (unpaired) electrons. The third-order valence-electron chi connectivity index (χ3n) is 3.42. The Kier molecular flexibility index (Phi) is 5.98. The molecule has 0 saturated heterocycles. The first-order chi connectivity index (χ1) is 11.5. The number of esters is 1. The number of ether oxygens (including phenoxy) is 3. The highest BCUT2D eigenvalue weighted by molar-refractivity contribution is 9.10. The number of methoxy groups -OCH3 is 2. The van der Waals surface area contributed by atoms with E-state index in [9.17, 15) is 9.59 Å². The van der Waals surface area contributed by atoms with Crippen LogP contribution in [0.1, 0.15) is 27.6 Å². The van der Waals surface area contributed by atoms with Crippen LogP contribution in [0.2, 0.25) is 0 Å². The van der Waals surface area contributed by atoms with Gasteiger partial charge in [-0.05, 0) is 65.3 Å². The van der Waals surface area contributed by atoms with Crippen LogP contribution in [0.15, 0.2) is 46.9 Å². The number of carbonyl (C=O) groups is 2. The second-order valence-electron chi connectivity index (χ2n) is 4.99. The van der Waals surface area contributed by atoms with Crippen molar-refractivity contribution in [3.05, 3.63) is 58.1 Å². The van der Waals surface area contributed by atoms with Gasteiger partial charge in [0.1, 0.15) is 11.5 Å². The molecule has 0 fully saturated rings. The number of hydrogen-bond donors (Lipinski definition) is 0. The fraction of sp³-hybridized carbons (Fsp3) is 0.222. The Balaban J connectivity index is 2.11. The van der Waals surface area contributed by atoms with Crippen LogP contribution in [0.3, 0.4) is 0 Å². The molecule has 2 aromatic rings. The lowest BCUT2D eigenvalue weighted by molar-refractivity contribution is 0.0317. The minimum absolute atomic E-state index is 0.287. The van der Waals surface area contributed by atoms with E-state index in [4.69, 9.17) is 14.2 Å². The van der Waals surface area contributed by atoms with Gasteiger partial charge in [0.05, 0.1) is 19.8 Å². The molecule has 0 unspecified atom stereocenters. The summed E-state index contributed by atoms with van der Waals surface area (Å²) in [6.07, 6.45) is -0.913. The molecule has 0 aromatic heterocycles. The fourth-order valence-electron chi connectivity index (χ4n) is 2.06. The van der Waals surface area contributed by atoms with Gasteiger partial charge in [0.25, 0.3) is 0 Å². The van der Waals surface area contributed by atoms with Crippen LogP contribution in [-0.2, 0) is 4.74 Å². The van der Waals surface area contributed by atoms with E-state index < -0.39 is 12.1 Å². The van der Waals surface area contributed by atoms with E-state index in [0.29, 0.717) is 27.1 Å². The van der Waals surface area contributed by atoms with Crippen molar-refractivity contribution >= 4 is 27.7 Å². The van der Waals surface area contributed by atoms with Crippen LogP contribution in [0, 0.1) is 0 Å². The summed E-state index contributed by atoms with van der Waals surface area (Å²) in [6, 6.07) is 11.6. The molecule has 0 amide bonds. The van der Waals surface area contributed by atoms with Gasteiger partial charge < -0.3 is 14.2 Å². The summed E-state index contributed by atoms with van der Waals surface area (Å²) in [5, 5.41) is 0. The number of benzene rings is 2. The molecule has 0 spiro atoms. The normalized spacial score (nSPS) is 11.5. The Morgan fingerprint density at radius 1 is 0.958 bits per heavy atom. The largest absolute Gasteiger partial charge is 0.497 e. The highest BCUT2D eigenvalue weighted by atomic mass is 79.9. The standard InChI is InChI=1S/C18H17BrO5/c1-11(17(20)12-4-6-13(22-2)7-5-12)24-18(21)15-10-14(23-3)8-9-16(15)19/h4-11H,1-3H3/t11-/m1/s1. The zero-order valence-electron chi connectivity index (χ0n) is 13.5. The fourth-order valence-corrected chi connectivity index (χ4v) is 2.46. The quantitative estimate of drug-likeness (QED) is 0.551. The van der Waals surface area contributed by atoms with Crippen LogP contribution < -0.4 is 9.47 Å². The van der Waals surface area contributed by atoms with Gasteiger partial charge in [-0.25, -0.2) is 4.79 Å². The van der Waals surface area contributed by atoms with Gasteiger partial charge >= 0.3 is 5.97 Å². The molecule has 1 atom stereocenters. The summed E-state index contributed by atoms with van der Waals surface area (Å²) < 4.78 is 16.0. The van der Waals surface area contributed by atoms with E-state index in [2.05, 4.69) is 15.9 Å². The lowest BCUT2D eigenvalue weighted by Crippen LogP contribution is -2.24. The molecule has 5 nitrogen and oxygen atoms in total. The van der Waals surface area contributed by atoms with E-state index in [1.54, 1.807) is 56.5 Å². The third-order valence-corrected chi connectivity index (χ3v) is 4.11. The third kappa shape index (κ3) is 4.14. The molecule has 2 aromatic carbocycles. The molecule has 6 heteroatoms. The number of hydrogen-bond acceptors (Lipinski definition) is 5. The molecule has 0 bridgehead atoms. The van der Waals surface area contributed by atoms with Gasteiger partial charge in [-0.3, -0.25) is 4.79 Å². The first kappa shape index (κ1) is 18.0. The van der Waals surface area contributed by atoms with Crippen molar-refractivity contribution in [2.45, 2.75) is 13.0 Å². The molecule has 0 saturated carbocycles. The summed E-state index contributed by atoms with van der Waals surface area (Å²) in [4.78, 5) is 24.7. The van der Waals surface area contributed by atoms with Crippen molar-refractivity contribution in [3.8, 4) is 11.5 Å². The van der Waals surface area contributed by atoms with E-state index in [1.165, 1.54) is 7.11 Å². The number of halogens is 1. The second-order valence-corrected chi connectivity index (χ2v) is 5.84. The van der Waals surface area contributed by atoms with Crippen LogP contribution in [0.4, 0.5) is 0 Å². The summed E-state index contributed by atoms with van der Waals surface area (Å²) in [7, 11) is 3.06. The highest BCUT2D eigenvalue weighted by Gasteiger charge is 2.22. The Hall–Kier alpha value is -2.34. The van der Waals surface area contributed by atoms with Gasteiger partial charge in [0.2, 0.25) is 5.78 Å². The summed E-state index contributed by atoms with van der Waals surface area (Å²) in [5.74, 6) is 0.288. The van der Waals surface area contributed by atoms with E-state index in [1.807, 2.05) is 0 Å². The van der Waals surface area contributed by atoms with Crippen LogP contribution >= 0.6 is 15.9 Å². The van der Waals surface area contributed by atoms with Crippen molar-refractivity contribution in [2.75, 3.05) is 14.2 Å². The molecule has 24 heavy (non-hydrogen) atoms. The van der Waals surface area contributed by atoms with Crippen molar-refractivity contribution in [2.24, 2.45) is 0 Å². The van der Waals surface area contributed by atoms with Gasteiger partial charge in [-0.15, -0.1) is 0 Å². The lowest BCUT2D eigenvalue weighted by atomic mass is 10.1. The van der Waals surface area contributed by atoms with Crippen molar-refractivity contribution in [3.63, 3.8) is 0 Å². The van der Waals surface area contributed by atoms with Crippen LogP contribution in [0.5, 0.6) is 11.5 Å². The lowest BCUT2D eigenvalue weighted by Gasteiger charge is -2.14. The van der Waals surface area contributed by atoms with Gasteiger partial charge in [-0.2, -0.15) is 0 Å². The van der Waals surface area contributed by atoms with Gasteiger partial charge in [-0.1, -0.05) is 0 Å². The minimum Gasteiger partial charge on any atom is -0.497 e. The number of carbonyl (C=O) groups excluding carboxylic acids is 2. The Morgan fingerprint density at radius 2 is 1.54 bits per heavy atom. The number of Topliss-reactive ketones (excluding diaryl/α,β-unsaturated/α-hetero) is 1. The zero-order valence-corrected chi connectivity index (χ0v) is 15.1. The Bertz CT molecular complexity index is 740. The number of ketones is 1. The maximum Gasteiger partial charge on any atom is 0.340 e. The van der Waals surface area contributed by atoms with Crippen molar-refractivity contribution < 1.29 is 23.8 Å². The monoisotopic (exact) mass is 392 g/mol. The van der Waals surface area contributed by atoms with Crippen molar-refractivity contribution in [1.82, 2.24) is 0 Å². The van der Waals surface area contributed by atoms with E-state index in [0.717, 1.165) is 0 Å². The van der Waals surface area contributed by atoms with E-state index in [-0.39, 0.29) is 5.78 Å². The van der Waals surface area contributed by atoms with Crippen LogP contribution in [0.25, 0.3) is 0 Å². The van der Waals surface area contributed by atoms with E-state index >= 15 is 0 Å². The summed E-state index contributed by atoms with van der Waals surface area (Å²) in [6.45, 7) is 1.54. The molecule has 0 aliphatic heterocycles. The zero-order chi connectivity index (χ0) is 17.7. The minimum atomic E-state index is -0.913. The average Bonchev–Trinajstić information content (AvgIpc) is 2.61. The molecule has 2 rings (SSSR count). The molecular weight excluding hydrogens is 376 g/mol. The molecule has 0 aliphatic rings. The number of rotatable bonds is 6. The Morgan fingerprint density at radius 3 is 2.12 bits per heavy atom. The molecule has 126 valence electrons. The first-order valence-electron chi connectivity index (χ1n) is 7.19. The van der Waals surface area contributed by atoms with Crippen LogP contribution in [-0.4, -0.2) is 32.1 Å². The molecular formula is C18H17BrO5. The summed E-state index contributed by atoms with van der Waals surface area (Å²) >= 11 is 3.29.